The lowest BCUT2D eigenvalue weighted by molar-refractivity contribution is -0.276. The van der Waals surface area contributed by atoms with E-state index in [1.807, 2.05) is 0 Å². The Morgan fingerprint density at radius 1 is 1.53 bits per heavy atom. The fraction of sp³-hybridized carbons (Fsp3) is 0.250. The van der Waals surface area contributed by atoms with Gasteiger partial charge in [0.1, 0.15) is 5.56 Å². The molecule has 1 aromatic heterocycles. The zero-order valence-corrected chi connectivity index (χ0v) is 8.17. The molecule has 9 heteroatoms. The first-order valence-corrected chi connectivity index (χ1v) is 4.20. The summed E-state index contributed by atoms with van der Waals surface area (Å²) in [4.78, 5) is 23.4. The third kappa shape index (κ3) is 3.21. The minimum Gasteiger partial charge on any atom is -0.477 e. The van der Waals surface area contributed by atoms with E-state index in [1.54, 1.807) is 4.98 Å². The van der Waals surface area contributed by atoms with Crippen molar-refractivity contribution in [3.8, 4) is 5.88 Å². The molecule has 1 heterocycles. The van der Waals surface area contributed by atoms with Gasteiger partial charge in [0.2, 0.25) is 5.88 Å². The van der Waals surface area contributed by atoms with Crippen LogP contribution in [-0.4, -0.2) is 22.4 Å². The summed E-state index contributed by atoms with van der Waals surface area (Å²) in [6.07, 6.45) is -5.11. The van der Waals surface area contributed by atoms with Gasteiger partial charge in [0, 0.05) is 12.6 Å². The van der Waals surface area contributed by atoms with E-state index in [0.29, 0.717) is 0 Å². The minimum absolute atomic E-state index is 0.250. The molecule has 0 fully saturated rings. The molecular formula is C8H7F3N2O4. The van der Waals surface area contributed by atoms with Gasteiger partial charge in [0.05, 0.1) is 0 Å². The van der Waals surface area contributed by atoms with Crippen LogP contribution in [-0.2, 0) is 6.54 Å². The highest BCUT2D eigenvalue weighted by Crippen LogP contribution is 2.25. The zero-order chi connectivity index (χ0) is 13.2. The maximum Gasteiger partial charge on any atom is 0.574 e. The molecule has 0 aromatic carbocycles. The van der Waals surface area contributed by atoms with E-state index >= 15 is 0 Å². The molecule has 1 rings (SSSR count). The topological polar surface area (TPSA) is 105 Å². The second kappa shape index (κ2) is 4.45. The molecule has 0 aliphatic carbocycles. The number of carboxylic acids is 1. The number of hydrogen-bond acceptors (Lipinski definition) is 4. The molecule has 0 saturated heterocycles. The first kappa shape index (κ1) is 13.0. The fourth-order valence-corrected chi connectivity index (χ4v) is 1.17. The smallest absolute Gasteiger partial charge is 0.477 e. The van der Waals surface area contributed by atoms with Crippen LogP contribution in [0.5, 0.6) is 5.88 Å². The molecule has 6 nitrogen and oxygen atoms in total. The number of H-pyrrole nitrogens is 1. The number of nitrogens with one attached hydrogen (secondary N) is 1. The van der Waals surface area contributed by atoms with Gasteiger partial charge in [-0.3, -0.25) is 9.78 Å². The number of alkyl halides is 3. The van der Waals surface area contributed by atoms with Gasteiger partial charge in [-0.15, -0.1) is 13.2 Å². The van der Waals surface area contributed by atoms with Crippen LogP contribution >= 0.6 is 0 Å². The third-order valence-corrected chi connectivity index (χ3v) is 1.74. The molecule has 0 saturated carbocycles. The maximum atomic E-state index is 12.0. The number of aromatic amines is 1. The number of rotatable bonds is 3. The van der Waals surface area contributed by atoms with E-state index in [0.717, 1.165) is 6.07 Å². The van der Waals surface area contributed by atoms with Gasteiger partial charge in [-0.2, -0.15) is 0 Å². The zero-order valence-electron chi connectivity index (χ0n) is 8.17. The fourth-order valence-electron chi connectivity index (χ4n) is 1.17. The highest BCUT2D eigenvalue weighted by molar-refractivity contribution is 5.91. The van der Waals surface area contributed by atoms with Crippen LogP contribution in [0.1, 0.15) is 15.9 Å². The van der Waals surface area contributed by atoms with Gasteiger partial charge in [-0.1, -0.05) is 0 Å². The van der Waals surface area contributed by atoms with Crippen LogP contribution in [0, 0.1) is 0 Å². The number of aromatic nitrogens is 1. The number of ether oxygens (including phenoxy) is 1. The van der Waals surface area contributed by atoms with Gasteiger partial charge in [0.25, 0.3) is 5.56 Å². The van der Waals surface area contributed by atoms with E-state index in [2.05, 4.69) is 4.74 Å². The van der Waals surface area contributed by atoms with Crippen molar-refractivity contribution in [3.05, 3.63) is 27.5 Å². The Labute approximate surface area is 91.8 Å². The summed E-state index contributed by atoms with van der Waals surface area (Å²) in [6, 6.07) is 0.798. The number of aromatic carboxylic acids is 1. The number of carbonyl (C=O) groups is 1. The molecule has 0 radical (unpaired) electrons. The van der Waals surface area contributed by atoms with Crippen molar-refractivity contribution in [2.45, 2.75) is 12.9 Å². The summed E-state index contributed by atoms with van der Waals surface area (Å²) in [7, 11) is 0. The second-order valence-corrected chi connectivity index (χ2v) is 2.92. The van der Waals surface area contributed by atoms with Crippen LogP contribution in [0.3, 0.4) is 0 Å². The Balaban J connectivity index is 3.41. The molecular weight excluding hydrogens is 245 g/mol. The van der Waals surface area contributed by atoms with Gasteiger partial charge >= 0.3 is 12.3 Å². The van der Waals surface area contributed by atoms with Crippen LogP contribution in [0.2, 0.25) is 0 Å². The quantitative estimate of drug-likeness (QED) is 0.723. The lowest BCUT2D eigenvalue weighted by atomic mass is 10.1. The van der Waals surface area contributed by atoms with Gasteiger partial charge < -0.3 is 15.6 Å². The van der Waals surface area contributed by atoms with Gasteiger partial charge in [-0.05, 0) is 5.56 Å². The second-order valence-electron chi connectivity index (χ2n) is 2.92. The summed E-state index contributed by atoms with van der Waals surface area (Å²) in [6.45, 7) is -0.403. The molecule has 0 atom stereocenters. The van der Waals surface area contributed by atoms with Gasteiger partial charge in [-0.25, -0.2) is 4.79 Å². The van der Waals surface area contributed by atoms with Crippen molar-refractivity contribution in [3.63, 3.8) is 0 Å². The van der Waals surface area contributed by atoms with Crippen molar-refractivity contribution in [1.82, 2.24) is 4.98 Å². The predicted octanol–water partition coefficient (Wildman–Crippen LogP) is 0.430. The third-order valence-electron chi connectivity index (χ3n) is 1.74. The summed E-state index contributed by atoms with van der Waals surface area (Å²) in [5.74, 6) is -2.86. The molecule has 0 amide bonds. The van der Waals surface area contributed by atoms with E-state index in [4.69, 9.17) is 10.8 Å². The van der Waals surface area contributed by atoms with Crippen LogP contribution in [0.4, 0.5) is 13.2 Å². The van der Waals surface area contributed by atoms with E-state index in [-0.39, 0.29) is 5.56 Å². The Morgan fingerprint density at radius 3 is 2.53 bits per heavy atom. The van der Waals surface area contributed by atoms with Crippen molar-refractivity contribution in [1.29, 1.82) is 0 Å². The predicted molar refractivity (Wildman–Crippen MR) is 48.6 cm³/mol. The van der Waals surface area contributed by atoms with E-state index in [1.165, 1.54) is 0 Å². The summed E-state index contributed by atoms with van der Waals surface area (Å²) < 4.78 is 39.4. The Bertz CT molecular complexity index is 495. The van der Waals surface area contributed by atoms with Crippen molar-refractivity contribution < 1.29 is 27.8 Å². The van der Waals surface area contributed by atoms with Crippen LogP contribution < -0.4 is 16.0 Å². The van der Waals surface area contributed by atoms with Crippen molar-refractivity contribution >= 4 is 5.97 Å². The van der Waals surface area contributed by atoms with E-state index < -0.39 is 35.9 Å². The number of nitrogens with two attached hydrogens (primary N) is 1. The number of carboxylic acid groups (broad SMARTS) is 1. The molecule has 0 aliphatic heterocycles. The number of hydrogen-bond donors (Lipinski definition) is 3. The van der Waals surface area contributed by atoms with Crippen molar-refractivity contribution in [2.75, 3.05) is 0 Å². The molecule has 0 spiro atoms. The lowest BCUT2D eigenvalue weighted by Gasteiger charge is -2.12. The van der Waals surface area contributed by atoms with E-state index in [9.17, 15) is 22.8 Å². The summed E-state index contributed by atoms with van der Waals surface area (Å²) in [5, 5.41) is 8.74. The lowest BCUT2D eigenvalue weighted by Crippen LogP contribution is -2.24. The summed E-state index contributed by atoms with van der Waals surface area (Å²) >= 11 is 0. The first-order chi connectivity index (χ1) is 7.74. The maximum absolute atomic E-state index is 12.0. The Kier molecular flexibility index (Phi) is 3.42. The highest BCUT2D eigenvalue weighted by atomic mass is 19.4. The van der Waals surface area contributed by atoms with Crippen molar-refractivity contribution in [2.24, 2.45) is 5.73 Å². The standard InChI is InChI=1S/C8H7F3N2O4/c9-8(10,11)17-6-5(7(15)16)3(2-12)1-4(14)13-6/h1H,2,12H2,(H,13,14)(H,15,16). The Hall–Kier alpha value is -2.03. The molecule has 94 valence electrons. The number of pyridine rings is 1. The average Bonchev–Trinajstić information content (AvgIpc) is 2.12. The normalized spacial score (nSPS) is 11.3. The number of halogens is 3. The molecule has 1 aromatic rings. The molecule has 0 aliphatic rings. The minimum atomic E-state index is -5.11. The molecule has 4 N–H and O–H groups in total. The largest absolute Gasteiger partial charge is 0.574 e. The monoisotopic (exact) mass is 252 g/mol. The van der Waals surface area contributed by atoms with Crippen LogP contribution in [0.25, 0.3) is 0 Å². The molecule has 17 heavy (non-hydrogen) atoms. The SMILES string of the molecule is NCc1cc(=O)[nH]c(OC(F)(F)F)c1C(=O)O. The summed E-state index contributed by atoms with van der Waals surface area (Å²) in [5.41, 5.74) is 3.14. The highest BCUT2D eigenvalue weighted by Gasteiger charge is 2.34. The van der Waals surface area contributed by atoms with Crippen LogP contribution in [0.15, 0.2) is 10.9 Å². The molecule has 0 bridgehead atoms. The molecule has 0 unspecified atom stereocenters. The first-order valence-electron chi connectivity index (χ1n) is 4.20. The Morgan fingerprint density at radius 2 is 2.12 bits per heavy atom. The van der Waals surface area contributed by atoms with Gasteiger partial charge in [0.15, 0.2) is 0 Å². The average molecular weight is 252 g/mol.